The summed E-state index contributed by atoms with van der Waals surface area (Å²) in [7, 11) is 0. The van der Waals surface area contributed by atoms with Gasteiger partial charge in [-0.15, -0.1) is 0 Å². The Kier molecular flexibility index (Phi) is 5.64. The number of carbonyl (C=O) groups excluding carboxylic acids is 2. The van der Waals surface area contributed by atoms with E-state index in [1.54, 1.807) is 36.4 Å². The van der Waals surface area contributed by atoms with Crippen LogP contribution in [0.5, 0.6) is 0 Å². The predicted octanol–water partition coefficient (Wildman–Crippen LogP) is 4.85. The first-order valence-electron chi connectivity index (χ1n) is 8.28. The number of hydrogen-bond donors (Lipinski definition) is 2. The van der Waals surface area contributed by atoms with Crippen LogP contribution >= 0.6 is 23.2 Å². The first-order chi connectivity index (χ1) is 12.4. The van der Waals surface area contributed by atoms with Gasteiger partial charge in [0.05, 0.1) is 0 Å². The third kappa shape index (κ3) is 4.87. The van der Waals surface area contributed by atoms with Gasteiger partial charge < -0.3 is 10.6 Å². The fourth-order valence-electron chi connectivity index (χ4n) is 2.38. The summed E-state index contributed by atoms with van der Waals surface area (Å²) in [4.78, 5) is 24.4. The average Bonchev–Trinajstić information content (AvgIpc) is 3.41. The summed E-state index contributed by atoms with van der Waals surface area (Å²) in [6.07, 6.45) is 5.03. The molecule has 0 aliphatic heterocycles. The summed E-state index contributed by atoms with van der Waals surface area (Å²) >= 11 is 12.0. The SMILES string of the molecule is Cc1ccc(C(=O)NC2CC2)cc1NC(=O)/C=C/c1cc(Cl)ccc1Cl. The van der Waals surface area contributed by atoms with E-state index in [4.69, 9.17) is 23.2 Å². The van der Waals surface area contributed by atoms with Crippen molar-refractivity contribution in [2.24, 2.45) is 0 Å². The van der Waals surface area contributed by atoms with Gasteiger partial charge in [0.1, 0.15) is 0 Å². The minimum Gasteiger partial charge on any atom is -0.349 e. The lowest BCUT2D eigenvalue weighted by atomic mass is 10.1. The van der Waals surface area contributed by atoms with Crippen LogP contribution in [-0.4, -0.2) is 17.9 Å². The fourth-order valence-corrected chi connectivity index (χ4v) is 2.74. The molecule has 0 heterocycles. The molecule has 6 heteroatoms. The van der Waals surface area contributed by atoms with E-state index in [0.29, 0.717) is 26.9 Å². The number of rotatable bonds is 5. The van der Waals surface area contributed by atoms with Gasteiger partial charge in [-0.25, -0.2) is 0 Å². The quantitative estimate of drug-likeness (QED) is 0.719. The number of anilines is 1. The highest BCUT2D eigenvalue weighted by Crippen LogP contribution is 2.23. The predicted molar refractivity (Wildman–Crippen MR) is 106 cm³/mol. The zero-order valence-corrected chi connectivity index (χ0v) is 15.7. The van der Waals surface area contributed by atoms with Crippen LogP contribution in [0.3, 0.4) is 0 Å². The van der Waals surface area contributed by atoms with Crippen LogP contribution in [-0.2, 0) is 4.79 Å². The number of benzene rings is 2. The van der Waals surface area contributed by atoms with E-state index in [2.05, 4.69) is 10.6 Å². The van der Waals surface area contributed by atoms with E-state index in [1.165, 1.54) is 6.08 Å². The number of halogens is 2. The second-order valence-electron chi connectivity index (χ2n) is 6.27. The summed E-state index contributed by atoms with van der Waals surface area (Å²) in [6.45, 7) is 1.87. The zero-order chi connectivity index (χ0) is 18.7. The van der Waals surface area contributed by atoms with Crippen LogP contribution in [0.2, 0.25) is 10.0 Å². The molecule has 1 aliphatic rings. The van der Waals surface area contributed by atoms with Crippen LogP contribution in [0.25, 0.3) is 6.08 Å². The summed E-state index contributed by atoms with van der Waals surface area (Å²) in [5.41, 5.74) is 2.65. The van der Waals surface area contributed by atoms with Gasteiger partial charge in [0, 0.05) is 33.4 Å². The zero-order valence-electron chi connectivity index (χ0n) is 14.2. The summed E-state index contributed by atoms with van der Waals surface area (Å²) in [6, 6.07) is 10.6. The Labute approximate surface area is 162 Å². The molecule has 0 atom stereocenters. The summed E-state index contributed by atoms with van der Waals surface area (Å²) in [5.74, 6) is -0.437. The molecule has 3 rings (SSSR count). The van der Waals surface area contributed by atoms with E-state index >= 15 is 0 Å². The van der Waals surface area contributed by atoms with Crippen LogP contribution in [0.1, 0.15) is 34.3 Å². The first kappa shape index (κ1) is 18.5. The second kappa shape index (κ2) is 7.94. The molecule has 2 aromatic rings. The number of amides is 2. The Morgan fingerprint density at radius 1 is 1.12 bits per heavy atom. The highest BCUT2D eigenvalue weighted by atomic mass is 35.5. The van der Waals surface area contributed by atoms with Crippen molar-refractivity contribution >= 4 is 46.8 Å². The topological polar surface area (TPSA) is 58.2 Å². The van der Waals surface area contributed by atoms with Crippen molar-refractivity contribution in [1.29, 1.82) is 0 Å². The Morgan fingerprint density at radius 2 is 1.88 bits per heavy atom. The summed E-state index contributed by atoms with van der Waals surface area (Å²) in [5, 5.41) is 6.78. The number of hydrogen-bond acceptors (Lipinski definition) is 2. The van der Waals surface area contributed by atoms with Gasteiger partial charge in [0.25, 0.3) is 5.91 Å². The molecule has 0 radical (unpaired) electrons. The van der Waals surface area contributed by atoms with Gasteiger partial charge in [0.2, 0.25) is 5.91 Å². The maximum absolute atomic E-state index is 12.2. The third-order valence-corrected chi connectivity index (χ3v) is 4.62. The molecule has 2 amide bonds. The van der Waals surface area contributed by atoms with E-state index in [0.717, 1.165) is 18.4 Å². The molecular formula is C20H18Cl2N2O2. The van der Waals surface area contributed by atoms with Crippen molar-refractivity contribution in [2.75, 3.05) is 5.32 Å². The number of nitrogens with one attached hydrogen (secondary N) is 2. The first-order valence-corrected chi connectivity index (χ1v) is 9.03. The summed E-state index contributed by atoms with van der Waals surface area (Å²) < 4.78 is 0. The molecule has 1 aliphatic carbocycles. The molecule has 1 saturated carbocycles. The lowest BCUT2D eigenvalue weighted by Crippen LogP contribution is -2.25. The Balaban J connectivity index is 1.71. The van der Waals surface area contributed by atoms with Crippen LogP contribution in [0.15, 0.2) is 42.5 Å². The molecule has 2 aromatic carbocycles. The smallest absolute Gasteiger partial charge is 0.251 e. The molecule has 1 fully saturated rings. The largest absolute Gasteiger partial charge is 0.349 e. The minimum atomic E-state index is -0.316. The molecular weight excluding hydrogens is 371 g/mol. The standard InChI is InChI=1S/C20H18Cl2N2O2/c1-12-2-3-14(20(26)23-16-6-7-16)11-18(12)24-19(25)9-4-13-10-15(21)5-8-17(13)22/h2-5,8-11,16H,6-7H2,1H3,(H,23,26)(H,24,25)/b9-4+. The van der Waals surface area contributed by atoms with E-state index < -0.39 is 0 Å². The normalized spacial score (nSPS) is 13.7. The minimum absolute atomic E-state index is 0.121. The van der Waals surface area contributed by atoms with Crippen molar-refractivity contribution in [2.45, 2.75) is 25.8 Å². The van der Waals surface area contributed by atoms with Gasteiger partial charge in [0.15, 0.2) is 0 Å². The van der Waals surface area contributed by atoms with E-state index in [1.807, 2.05) is 13.0 Å². The van der Waals surface area contributed by atoms with E-state index in [-0.39, 0.29) is 17.9 Å². The molecule has 2 N–H and O–H groups in total. The lowest BCUT2D eigenvalue weighted by Gasteiger charge is -2.10. The lowest BCUT2D eigenvalue weighted by molar-refractivity contribution is -0.111. The van der Waals surface area contributed by atoms with Crippen LogP contribution in [0, 0.1) is 6.92 Å². The highest BCUT2D eigenvalue weighted by molar-refractivity contribution is 6.34. The Hall–Kier alpha value is -2.30. The highest BCUT2D eigenvalue weighted by Gasteiger charge is 2.24. The molecule has 0 unspecified atom stereocenters. The molecule has 0 aromatic heterocycles. The van der Waals surface area contributed by atoms with Gasteiger partial charge in [-0.2, -0.15) is 0 Å². The maximum atomic E-state index is 12.2. The van der Waals surface area contributed by atoms with Crippen LogP contribution < -0.4 is 10.6 Å². The van der Waals surface area contributed by atoms with Crippen molar-refractivity contribution in [3.63, 3.8) is 0 Å². The molecule has 0 spiro atoms. The van der Waals surface area contributed by atoms with Gasteiger partial charge in [-0.05, 0) is 67.3 Å². The van der Waals surface area contributed by atoms with Gasteiger partial charge in [-0.3, -0.25) is 9.59 Å². The monoisotopic (exact) mass is 388 g/mol. The number of aryl methyl sites for hydroxylation is 1. The van der Waals surface area contributed by atoms with Crippen molar-refractivity contribution < 1.29 is 9.59 Å². The third-order valence-electron chi connectivity index (χ3n) is 4.04. The molecule has 0 bridgehead atoms. The maximum Gasteiger partial charge on any atom is 0.251 e. The average molecular weight is 389 g/mol. The Morgan fingerprint density at radius 3 is 2.62 bits per heavy atom. The van der Waals surface area contributed by atoms with Crippen LogP contribution in [0.4, 0.5) is 5.69 Å². The van der Waals surface area contributed by atoms with E-state index in [9.17, 15) is 9.59 Å². The molecule has 0 saturated heterocycles. The van der Waals surface area contributed by atoms with Crippen molar-refractivity contribution in [1.82, 2.24) is 5.32 Å². The van der Waals surface area contributed by atoms with Crippen molar-refractivity contribution in [3.8, 4) is 0 Å². The number of carbonyl (C=O) groups is 2. The van der Waals surface area contributed by atoms with Crippen molar-refractivity contribution in [3.05, 3.63) is 69.2 Å². The fraction of sp³-hybridized carbons (Fsp3) is 0.200. The van der Waals surface area contributed by atoms with Gasteiger partial charge in [-0.1, -0.05) is 29.3 Å². The second-order valence-corrected chi connectivity index (χ2v) is 7.11. The van der Waals surface area contributed by atoms with Gasteiger partial charge >= 0.3 is 0 Å². The molecule has 26 heavy (non-hydrogen) atoms. The molecule has 134 valence electrons. The molecule has 4 nitrogen and oxygen atoms in total. The Bertz CT molecular complexity index is 889.